The highest BCUT2D eigenvalue weighted by Gasteiger charge is 2.31. The van der Waals surface area contributed by atoms with Gasteiger partial charge in [-0.3, -0.25) is 4.79 Å². The van der Waals surface area contributed by atoms with Crippen LogP contribution in [-0.4, -0.2) is 24.2 Å². The van der Waals surface area contributed by atoms with Crippen LogP contribution in [0.4, 0.5) is 0 Å². The molecule has 0 heterocycles. The SMILES string of the molecule is CC(C)(C)OC(=O)CCNC1CC2C=CC1CC2. The highest BCUT2D eigenvalue weighted by Crippen LogP contribution is 2.36. The predicted molar refractivity (Wildman–Crippen MR) is 72.2 cm³/mol. The summed E-state index contributed by atoms with van der Waals surface area (Å²) < 4.78 is 5.30. The molecule has 3 atom stereocenters. The van der Waals surface area contributed by atoms with Crippen LogP contribution in [0.5, 0.6) is 0 Å². The Morgan fingerprint density at radius 1 is 1.33 bits per heavy atom. The van der Waals surface area contributed by atoms with Crippen molar-refractivity contribution < 1.29 is 9.53 Å². The van der Waals surface area contributed by atoms with Gasteiger partial charge in [-0.25, -0.2) is 0 Å². The maximum atomic E-state index is 11.6. The monoisotopic (exact) mass is 251 g/mol. The van der Waals surface area contributed by atoms with Gasteiger partial charge in [-0.1, -0.05) is 12.2 Å². The third kappa shape index (κ3) is 3.84. The van der Waals surface area contributed by atoms with Gasteiger partial charge >= 0.3 is 5.97 Å². The summed E-state index contributed by atoms with van der Waals surface area (Å²) in [7, 11) is 0. The average Bonchev–Trinajstić information content (AvgIpc) is 2.28. The summed E-state index contributed by atoms with van der Waals surface area (Å²) in [5, 5.41) is 3.52. The van der Waals surface area contributed by atoms with Crippen LogP contribution < -0.4 is 5.32 Å². The lowest BCUT2D eigenvalue weighted by Gasteiger charge is -2.38. The van der Waals surface area contributed by atoms with Gasteiger partial charge in [0.15, 0.2) is 0 Å². The smallest absolute Gasteiger partial charge is 0.307 e. The molecule has 3 unspecified atom stereocenters. The van der Waals surface area contributed by atoms with Crippen LogP contribution >= 0.6 is 0 Å². The zero-order chi connectivity index (χ0) is 13.2. The fourth-order valence-corrected chi connectivity index (χ4v) is 2.92. The molecule has 3 rings (SSSR count). The van der Waals surface area contributed by atoms with E-state index in [4.69, 9.17) is 4.74 Å². The van der Waals surface area contributed by atoms with Crippen molar-refractivity contribution in [3.05, 3.63) is 12.2 Å². The molecule has 1 saturated carbocycles. The van der Waals surface area contributed by atoms with Crippen molar-refractivity contribution in [1.29, 1.82) is 0 Å². The summed E-state index contributed by atoms with van der Waals surface area (Å²) in [6, 6.07) is 0.566. The number of esters is 1. The van der Waals surface area contributed by atoms with Gasteiger partial charge in [-0.15, -0.1) is 0 Å². The molecule has 1 N–H and O–H groups in total. The van der Waals surface area contributed by atoms with Crippen molar-refractivity contribution in [2.45, 2.75) is 58.1 Å². The summed E-state index contributed by atoms with van der Waals surface area (Å²) in [5.74, 6) is 1.33. The van der Waals surface area contributed by atoms with Crippen LogP contribution in [0, 0.1) is 11.8 Å². The molecule has 0 aromatic carbocycles. The van der Waals surface area contributed by atoms with Crippen LogP contribution in [0.2, 0.25) is 0 Å². The van der Waals surface area contributed by atoms with Crippen LogP contribution in [0.15, 0.2) is 12.2 Å². The topological polar surface area (TPSA) is 38.3 Å². The van der Waals surface area contributed by atoms with Crippen LogP contribution in [0.25, 0.3) is 0 Å². The Balaban J connectivity index is 1.67. The van der Waals surface area contributed by atoms with E-state index in [-0.39, 0.29) is 11.6 Å². The van der Waals surface area contributed by atoms with E-state index in [0.29, 0.717) is 18.4 Å². The standard InChI is InChI=1S/C15H25NO2/c1-15(2,3)18-14(17)8-9-16-13-10-11-4-6-12(13)7-5-11/h4,6,11-13,16H,5,7-10H2,1-3H3. The Labute approximate surface area is 110 Å². The molecule has 3 heteroatoms. The molecule has 0 spiro atoms. The third-order valence-electron chi connectivity index (χ3n) is 3.73. The molecule has 3 aliphatic rings. The van der Waals surface area contributed by atoms with Crippen molar-refractivity contribution in [2.24, 2.45) is 11.8 Å². The quantitative estimate of drug-likeness (QED) is 0.616. The van der Waals surface area contributed by atoms with E-state index in [1.807, 2.05) is 20.8 Å². The summed E-state index contributed by atoms with van der Waals surface area (Å²) in [6.45, 7) is 6.45. The van der Waals surface area contributed by atoms with Crippen molar-refractivity contribution in [1.82, 2.24) is 5.32 Å². The molecular formula is C15H25NO2. The lowest BCUT2D eigenvalue weighted by Crippen LogP contribution is -2.43. The number of nitrogens with one attached hydrogen (secondary N) is 1. The van der Waals surface area contributed by atoms with Crippen LogP contribution in [-0.2, 0) is 9.53 Å². The number of carbonyl (C=O) groups excluding carboxylic acids is 1. The highest BCUT2D eigenvalue weighted by atomic mass is 16.6. The molecule has 1 fully saturated rings. The average molecular weight is 251 g/mol. The second kappa shape index (κ2) is 5.43. The summed E-state index contributed by atoms with van der Waals surface area (Å²) in [6.07, 6.45) is 9.05. The Hall–Kier alpha value is -0.830. The Bertz CT molecular complexity index is 330. The van der Waals surface area contributed by atoms with Gasteiger partial charge in [-0.05, 0) is 51.9 Å². The molecule has 0 aliphatic heterocycles. The van der Waals surface area contributed by atoms with E-state index < -0.39 is 0 Å². The van der Waals surface area contributed by atoms with E-state index >= 15 is 0 Å². The maximum Gasteiger partial charge on any atom is 0.307 e. The third-order valence-corrected chi connectivity index (χ3v) is 3.73. The van der Waals surface area contributed by atoms with E-state index in [0.717, 1.165) is 12.5 Å². The fraction of sp³-hybridized carbons (Fsp3) is 0.800. The van der Waals surface area contributed by atoms with Crippen molar-refractivity contribution in [2.75, 3.05) is 6.54 Å². The summed E-state index contributed by atoms with van der Waals surface area (Å²) in [4.78, 5) is 11.6. The van der Waals surface area contributed by atoms with E-state index in [1.54, 1.807) is 0 Å². The highest BCUT2D eigenvalue weighted by molar-refractivity contribution is 5.70. The van der Waals surface area contributed by atoms with E-state index in [2.05, 4.69) is 17.5 Å². The van der Waals surface area contributed by atoms with Crippen molar-refractivity contribution in [3.63, 3.8) is 0 Å². The van der Waals surface area contributed by atoms with Gasteiger partial charge in [0.1, 0.15) is 5.60 Å². The second-order valence-electron chi connectivity index (χ2n) is 6.52. The van der Waals surface area contributed by atoms with Crippen LogP contribution in [0.3, 0.4) is 0 Å². The largest absolute Gasteiger partial charge is 0.460 e. The zero-order valence-electron chi connectivity index (χ0n) is 11.7. The zero-order valence-corrected chi connectivity index (χ0v) is 11.7. The van der Waals surface area contributed by atoms with Gasteiger partial charge < -0.3 is 10.1 Å². The molecule has 3 nitrogen and oxygen atoms in total. The van der Waals surface area contributed by atoms with Gasteiger partial charge in [0.2, 0.25) is 0 Å². The van der Waals surface area contributed by atoms with Gasteiger partial charge in [0.25, 0.3) is 0 Å². The molecular weight excluding hydrogens is 226 g/mol. The molecule has 0 radical (unpaired) electrons. The van der Waals surface area contributed by atoms with Crippen LogP contribution in [0.1, 0.15) is 46.5 Å². The predicted octanol–water partition coefficient (Wildman–Crippen LogP) is 2.66. The molecule has 0 saturated heterocycles. The number of fused-ring (bicyclic) bond motifs is 2. The Morgan fingerprint density at radius 3 is 2.61 bits per heavy atom. The summed E-state index contributed by atoms with van der Waals surface area (Å²) in [5.41, 5.74) is -0.371. The minimum Gasteiger partial charge on any atom is -0.460 e. The van der Waals surface area contributed by atoms with Gasteiger partial charge in [-0.2, -0.15) is 0 Å². The minimum atomic E-state index is -0.371. The molecule has 0 aromatic rings. The lowest BCUT2D eigenvalue weighted by molar-refractivity contribution is -0.154. The first-order valence-corrected chi connectivity index (χ1v) is 7.07. The normalized spacial score (nSPS) is 30.5. The van der Waals surface area contributed by atoms with Crippen molar-refractivity contribution >= 4 is 5.97 Å². The number of rotatable bonds is 4. The number of hydrogen-bond donors (Lipinski definition) is 1. The Kier molecular flexibility index (Phi) is 4.10. The Morgan fingerprint density at radius 2 is 2.11 bits per heavy atom. The van der Waals surface area contributed by atoms with E-state index in [9.17, 15) is 4.79 Å². The van der Waals surface area contributed by atoms with E-state index in [1.165, 1.54) is 19.3 Å². The van der Waals surface area contributed by atoms with Crippen molar-refractivity contribution in [3.8, 4) is 0 Å². The molecule has 3 aliphatic carbocycles. The summed E-state index contributed by atoms with van der Waals surface area (Å²) >= 11 is 0. The first-order chi connectivity index (χ1) is 8.44. The maximum absolute atomic E-state index is 11.6. The molecule has 18 heavy (non-hydrogen) atoms. The first kappa shape index (κ1) is 13.6. The first-order valence-electron chi connectivity index (χ1n) is 7.07. The second-order valence-corrected chi connectivity index (χ2v) is 6.52. The number of allylic oxidation sites excluding steroid dienone is 1. The number of carbonyl (C=O) groups is 1. The lowest BCUT2D eigenvalue weighted by atomic mass is 9.73. The number of ether oxygens (including phenoxy) is 1. The fourth-order valence-electron chi connectivity index (χ4n) is 2.92. The van der Waals surface area contributed by atoms with Gasteiger partial charge in [0.05, 0.1) is 6.42 Å². The number of hydrogen-bond acceptors (Lipinski definition) is 3. The molecule has 0 aromatic heterocycles. The minimum absolute atomic E-state index is 0.105. The molecule has 2 bridgehead atoms. The molecule has 102 valence electrons. The van der Waals surface area contributed by atoms with Gasteiger partial charge in [0, 0.05) is 12.6 Å². The molecule has 0 amide bonds.